The van der Waals surface area contributed by atoms with E-state index in [9.17, 15) is 9.59 Å². The number of amides is 1. The Morgan fingerprint density at radius 2 is 1.88 bits per heavy atom. The van der Waals surface area contributed by atoms with E-state index in [1.165, 1.54) is 7.11 Å². The van der Waals surface area contributed by atoms with Crippen molar-refractivity contribution in [1.82, 2.24) is 9.88 Å². The van der Waals surface area contributed by atoms with Crippen LogP contribution < -0.4 is 4.90 Å². The Bertz CT molecular complexity index is 751. The lowest BCUT2D eigenvalue weighted by Crippen LogP contribution is -2.48. The van der Waals surface area contributed by atoms with Crippen LogP contribution in [0.25, 0.3) is 0 Å². The fourth-order valence-corrected chi connectivity index (χ4v) is 3.52. The second-order valence-electron chi connectivity index (χ2n) is 5.62. The Morgan fingerprint density at radius 1 is 1.17 bits per heavy atom. The summed E-state index contributed by atoms with van der Waals surface area (Å²) in [7, 11) is 1.33. The molecule has 0 aliphatic carbocycles. The van der Waals surface area contributed by atoms with Gasteiger partial charge in [0.1, 0.15) is 0 Å². The number of esters is 1. The fourth-order valence-electron chi connectivity index (χ4n) is 2.67. The summed E-state index contributed by atoms with van der Waals surface area (Å²) in [6.07, 6.45) is 0. The van der Waals surface area contributed by atoms with Gasteiger partial charge >= 0.3 is 5.97 Å². The molecule has 24 heavy (non-hydrogen) atoms. The number of carbonyl (C=O) groups is 2. The summed E-state index contributed by atoms with van der Waals surface area (Å²) in [5.41, 5.74) is 1.92. The third-order valence-corrected chi connectivity index (χ3v) is 4.99. The van der Waals surface area contributed by atoms with Gasteiger partial charge < -0.3 is 14.5 Å². The summed E-state index contributed by atoms with van der Waals surface area (Å²) in [4.78, 5) is 32.8. The predicted octanol–water partition coefficient (Wildman–Crippen LogP) is 2.20. The van der Waals surface area contributed by atoms with E-state index in [-0.39, 0.29) is 5.91 Å². The third-order valence-electron chi connectivity index (χ3n) is 3.97. The summed E-state index contributed by atoms with van der Waals surface area (Å²) in [5.74, 6) is -0.496. The van der Waals surface area contributed by atoms with Crippen molar-refractivity contribution in [1.29, 1.82) is 0 Å². The van der Waals surface area contributed by atoms with Crippen LogP contribution in [-0.2, 0) is 4.74 Å². The number of benzene rings is 1. The van der Waals surface area contributed by atoms with Crippen LogP contribution in [0, 0.1) is 6.92 Å². The van der Waals surface area contributed by atoms with E-state index in [2.05, 4.69) is 9.88 Å². The molecule has 6 nitrogen and oxygen atoms in total. The molecule has 2 heterocycles. The minimum Gasteiger partial charge on any atom is -0.465 e. The molecular formula is C17H19N3O3S. The number of piperazine rings is 1. The normalized spacial score (nSPS) is 14.6. The zero-order valence-corrected chi connectivity index (χ0v) is 14.5. The van der Waals surface area contributed by atoms with Crippen LogP contribution in [0.2, 0.25) is 0 Å². The highest BCUT2D eigenvalue weighted by atomic mass is 32.1. The zero-order valence-electron chi connectivity index (χ0n) is 13.7. The Kier molecular flexibility index (Phi) is 4.80. The maximum atomic E-state index is 12.7. The minimum absolute atomic E-state index is 0.0595. The molecule has 0 spiro atoms. The van der Waals surface area contributed by atoms with Gasteiger partial charge in [-0.2, -0.15) is 0 Å². The number of hydrogen-bond donors (Lipinski definition) is 0. The number of anilines is 1. The van der Waals surface area contributed by atoms with E-state index in [1.54, 1.807) is 35.6 Å². The van der Waals surface area contributed by atoms with E-state index in [1.807, 2.05) is 17.2 Å². The van der Waals surface area contributed by atoms with Gasteiger partial charge in [0.25, 0.3) is 5.91 Å². The first-order valence-electron chi connectivity index (χ1n) is 7.73. The summed E-state index contributed by atoms with van der Waals surface area (Å²) in [6.45, 7) is 4.78. The number of carbonyl (C=O) groups excluding carboxylic acids is 2. The van der Waals surface area contributed by atoms with Crippen molar-refractivity contribution in [2.24, 2.45) is 0 Å². The van der Waals surface area contributed by atoms with Crippen molar-refractivity contribution in [2.75, 3.05) is 38.2 Å². The number of ether oxygens (including phenoxy) is 1. The van der Waals surface area contributed by atoms with Crippen molar-refractivity contribution >= 4 is 28.3 Å². The molecule has 1 aromatic heterocycles. The summed E-state index contributed by atoms with van der Waals surface area (Å²) in [6, 6.07) is 6.66. The van der Waals surface area contributed by atoms with Gasteiger partial charge in [-0.05, 0) is 25.1 Å². The monoisotopic (exact) mass is 345 g/mol. The molecule has 1 aliphatic rings. The van der Waals surface area contributed by atoms with E-state index in [0.717, 1.165) is 23.9 Å². The molecule has 1 fully saturated rings. The second-order valence-corrected chi connectivity index (χ2v) is 6.46. The minimum atomic E-state index is -0.436. The lowest BCUT2D eigenvalue weighted by atomic mass is 10.1. The highest BCUT2D eigenvalue weighted by molar-refractivity contribution is 7.13. The topological polar surface area (TPSA) is 62.7 Å². The van der Waals surface area contributed by atoms with Crippen molar-refractivity contribution in [3.05, 3.63) is 46.5 Å². The van der Waals surface area contributed by atoms with Crippen LogP contribution in [0.4, 0.5) is 5.13 Å². The largest absolute Gasteiger partial charge is 0.465 e. The van der Waals surface area contributed by atoms with E-state index < -0.39 is 5.97 Å². The predicted molar refractivity (Wildman–Crippen MR) is 92.7 cm³/mol. The van der Waals surface area contributed by atoms with Crippen LogP contribution in [0.3, 0.4) is 0 Å². The summed E-state index contributed by atoms with van der Waals surface area (Å²) in [5, 5.41) is 3.04. The lowest BCUT2D eigenvalue weighted by molar-refractivity contribution is 0.0600. The fraction of sp³-hybridized carbons (Fsp3) is 0.353. The standard InChI is InChI=1S/C17H19N3O3S/c1-12-11-24-17(18-12)20-8-6-19(7-9-20)15(21)13-4-3-5-14(10-13)16(22)23-2/h3-5,10-11H,6-9H2,1-2H3. The molecule has 1 amide bonds. The highest BCUT2D eigenvalue weighted by Gasteiger charge is 2.24. The zero-order chi connectivity index (χ0) is 17.1. The lowest BCUT2D eigenvalue weighted by Gasteiger charge is -2.34. The number of methoxy groups -OCH3 is 1. The molecule has 0 unspecified atom stereocenters. The molecule has 2 aromatic rings. The molecule has 0 saturated carbocycles. The SMILES string of the molecule is COC(=O)c1cccc(C(=O)N2CCN(c3nc(C)cs3)CC2)c1. The van der Waals surface area contributed by atoms with Crippen LogP contribution in [-0.4, -0.2) is 55.0 Å². The van der Waals surface area contributed by atoms with Gasteiger partial charge in [0, 0.05) is 37.1 Å². The first-order valence-corrected chi connectivity index (χ1v) is 8.61. The average Bonchev–Trinajstić information content (AvgIpc) is 3.07. The first-order chi connectivity index (χ1) is 11.6. The van der Waals surface area contributed by atoms with Gasteiger partial charge in [0.2, 0.25) is 0 Å². The maximum absolute atomic E-state index is 12.7. The van der Waals surface area contributed by atoms with Crippen LogP contribution >= 0.6 is 11.3 Å². The smallest absolute Gasteiger partial charge is 0.337 e. The van der Waals surface area contributed by atoms with Gasteiger partial charge in [0.15, 0.2) is 5.13 Å². The number of thiazole rings is 1. The summed E-state index contributed by atoms with van der Waals surface area (Å²) < 4.78 is 4.71. The van der Waals surface area contributed by atoms with Gasteiger partial charge in [-0.3, -0.25) is 4.79 Å². The Hall–Kier alpha value is -2.41. The van der Waals surface area contributed by atoms with Crippen molar-refractivity contribution < 1.29 is 14.3 Å². The molecule has 0 bridgehead atoms. The molecule has 0 atom stereocenters. The van der Waals surface area contributed by atoms with Crippen molar-refractivity contribution in [2.45, 2.75) is 6.92 Å². The Morgan fingerprint density at radius 3 is 2.50 bits per heavy atom. The summed E-state index contributed by atoms with van der Waals surface area (Å²) >= 11 is 1.63. The average molecular weight is 345 g/mol. The van der Waals surface area contributed by atoms with Gasteiger partial charge in [-0.25, -0.2) is 9.78 Å². The molecule has 1 saturated heterocycles. The molecule has 0 N–H and O–H groups in total. The van der Waals surface area contributed by atoms with E-state index >= 15 is 0 Å². The van der Waals surface area contributed by atoms with Crippen molar-refractivity contribution in [3.63, 3.8) is 0 Å². The molecule has 0 radical (unpaired) electrons. The molecule has 3 rings (SSSR count). The molecule has 126 valence electrons. The maximum Gasteiger partial charge on any atom is 0.337 e. The Balaban J connectivity index is 1.66. The van der Waals surface area contributed by atoms with E-state index in [0.29, 0.717) is 24.2 Å². The number of aryl methyl sites for hydroxylation is 1. The van der Waals surface area contributed by atoms with Crippen molar-refractivity contribution in [3.8, 4) is 0 Å². The van der Waals surface area contributed by atoms with Gasteiger partial charge in [-0.1, -0.05) is 6.07 Å². The first kappa shape index (κ1) is 16.4. The molecule has 7 heteroatoms. The number of aromatic nitrogens is 1. The van der Waals surface area contributed by atoms with Gasteiger partial charge in [0.05, 0.1) is 18.4 Å². The van der Waals surface area contributed by atoms with Crippen LogP contribution in [0.1, 0.15) is 26.4 Å². The molecule has 1 aromatic carbocycles. The number of nitrogens with zero attached hydrogens (tertiary/aromatic N) is 3. The van der Waals surface area contributed by atoms with Crippen LogP contribution in [0.15, 0.2) is 29.6 Å². The highest BCUT2D eigenvalue weighted by Crippen LogP contribution is 2.22. The molecular weight excluding hydrogens is 326 g/mol. The second kappa shape index (κ2) is 7.00. The Labute approximate surface area is 144 Å². The van der Waals surface area contributed by atoms with Crippen LogP contribution in [0.5, 0.6) is 0 Å². The third kappa shape index (κ3) is 3.41. The molecule has 1 aliphatic heterocycles. The van der Waals surface area contributed by atoms with E-state index in [4.69, 9.17) is 4.74 Å². The number of rotatable bonds is 3. The number of hydrogen-bond acceptors (Lipinski definition) is 6. The van der Waals surface area contributed by atoms with Gasteiger partial charge in [-0.15, -0.1) is 11.3 Å². The quantitative estimate of drug-likeness (QED) is 0.798.